The molecule has 1 saturated heterocycles. The topological polar surface area (TPSA) is 61.0 Å². The van der Waals surface area contributed by atoms with Gasteiger partial charge in [-0.25, -0.2) is 4.98 Å². The third kappa shape index (κ3) is 4.98. The number of aromatic amines is 1. The van der Waals surface area contributed by atoms with Gasteiger partial charge in [-0.15, -0.1) is 0 Å². The Kier molecular flexibility index (Phi) is 6.02. The molecular formula is C23H28N4O. The van der Waals surface area contributed by atoms with E-state index in [1.165, 1.54) is 18.4 Å². The van der Waals surface area contributed by atoms with Crippen molar-refractivity contribution in [3.63, 3.8) is 0 Å². The summed E-state index contributed by atoms with van der Waals surface area (Å²) in [4.78, 5) is 22.6. The highest BCUT2D eigenvalue weighted by Crippen LogP contribution is 2.18. The molecular weight excluding hydrogens is 348 g/mol. The molecule has 0 saturated carbocycles. The van der Waals surface area contributed by atoms with Gasteiger partial charge in [-0.2, -0.15) is 0 Å². The smallest absolute Gasteiger partial charge is 0.220 e. The van der Waals surface area contributed by atoms with Gasteiger partial charge in [0.05, 0.1) is 11.0 Å². The molecule has 4 rings (SSSR count). The second-order valence-corrected chi connectivity index (χ2v) is 7.73. The van der Waals surface area contributed by atoms with Gasteiger partial charge < -0.3 is 10.3 Å². The molecule has 146 valence electrons. The van der Waals surface area contributed by atoms with E-state index in [9.17, 15) is 4.79 Å². The van der Waals surface area contributed by atoms with Crippen molar-refractivity contribution >= 4 is 16.9 Å². The Balaban J connectivity index is 1.20. The Labute approximate surface area is 166 Å². The summed E-state index contributed by atoms with van der Waals surface area (Å²) in [5.74, 6) is 1.52. The van der Waals surface area contributed by atoms with Crippen molar-refractivity contribution < 1.29 is 4.79 Å². The summed E-state index contributed by atoms with van der Waals surface area (Å²) < 4.78 is 0. The number of carbonyl (C=O) groups is 1. The zero-order valence-electron chi connectivity index (χ0n) is 16.2. The largest absolute Gasteiger partial charge is 0.356 e. The lowest BCUT2D eigenvalue weighted by Crippen LogP contribution is -2.40. The number of para-hydroxylation sites is 2. The van der Waals surface area contributed by atoms with Gasteiger partial charge in [0, 0.05) is 32.5 Å². The van der Waals surface area contributed by atoms with E-state index < -0.39 is 0 Å². The molecule has 2 heterocycles. The number of carbonyl (C=O) groups excluding carboxylic acids is 1. The third-order valence-electron chi connectivity index (χ3n) is 5.47. The molecule has 2 aromatic carbocycles. The van der Waals surface area contributed by atoms with Crippen LogP contribution in [0.5, 0.6) is 0 Å². The Morgan fingerprint density at radius 2 is 1.96 bits per heavy atom. The number of benzene rings is 2. The van der Waals surface area contributed by atoms with Gasteiger partial charge in [0.15, 0.2) is 0 Å². The van der Waals surface area contributed by atoms with Crippen LogP contribution in [0.15, 0.2) is 54.6 Å². The first kappa shape index (κ1) is 18.7. The highest BCUT2D eigenvalue weighted by molar-refractivity contribution is 5.77. The first-order chi connectivity index (χ1) is 13.8. The van der Waals surface area contributed by atoms with E-state index in [-0.39, 0.29) is 5.91 Å². The van der Waals surface area contributed by atoms with Crippen LogP contribution in [-0.2, 0) is 17.8 Å². The minimum Gasteiger partial charge on any atom is -0.356 e. The number of aryl methyl sites for hydroxylation is 1. The lowest BCUT2D eigenvalue weighted by molar-refractivity contribution is -0.121. The number of H-pyrrole nitrogens is 1. The molecule has 2 N–H and O–H groups in total. The summed E-state index contributed by atoms with van der Waals surface area (Å²) in [5.41, 5.74) is 3.34. The minimum atomic E-state index is 0.112. The second kappa shape index (κ2) is 9.02. The van der Waals surface area contributed by atoms with E-state index in [0.29, 0.717) is 18.8 Å². The number of amides is 1. The summed E-state index contributed by atoms with van der Waals surface area (Å²) in [6.45, 7) is 3.96. The maximum atomic E-state index is 12.3. The average Bonchev–Trinajstić information content (AvgIpc) is 3.15. The lowest BCUT2D eigenvalue weighted by Gasteiger charge is -2.32. The van der Waals surface area contributed by atoms with Crippen molar-refractivity contribution in [2.45, 2.75) is 32.2 Å². The first-order valence-electron chi connectivity index (χ1n) is 10.2. The molecule has 0 spiro atoms. The fraction of sp³-hybridized carbons (Fsp3) is 0.391. The molecule has 28 heavy (non-hydrogen) atoms. The van der Waals surface area contributed by atoms with Crippen LogP contribution in [0.1, 0.15) is 30.7 Å². The minimum absolute atomic E-state index is 0.112. The van der Waals surface area contributed by atoms with Gasteiger partial charge in [-0.05, 0) is 43.0 Å². The second-order valence-electron chi connectivity index (χ2n) is 7.73. The average molecular weight is 377 g/mol. The van der Waals surface area contributed by atoms with Crippen molar-refractivity contribution in [3.05, 3.63) is 66.0 Å². The highest BCUT2D eigenvalue weighted by Gasteiger charge is 2.20. The molecule has 1 aromatic heterocycles. The van der Waals surface area contributed by atoms with Crippen molar-refractivity contribution in [3.8, 4) is 0 Å². The molecule has 1 aliphatic heterocycles. The molecule has 5 heteroatoms. The number of hydrogen-bond acceptors (Lipinski definition) is 3. The summed E-state index contributed by atoms with van der Waals surface area (Å²) in [7, 11) is 0. The molecule has 0 unspecified atom stereocenters. The molecule has 1 atom stereocenters. The zero-order valence-corrected chi connectivity index (χ0v) is 16.2. The number of aromatic nitrogens is 2. The molecule has 0 aliphatic carbocycles. The number of nitrogens with zero attached hydrogens (tertiary/aromatic N) is 2. The predicted molar refractivity (Wildman–Crippen MR) is 112 cm³/mol. The van der Waals surface area contributed by atoms with Crippen LogP contribution >= 0.6 is 0 Å². The molecule has 1 aliphatic rings. The summed E-state index contributed by atoms with van der Waals surface area (Å²) in [5, 5.41) is 3.13. The van der Waals surface area contributed by atoms with Gasteiger partial charge in [0.1, 0.15) is 5.82 Å². The molecule has 5 nitrogen and oxygen atoms in total. The summed E-state index contributed by atoms with van der Waals surface area (Å²) in [6, 6.07) is 18.6. The molecule has 0 radical (unpaired) electrons. The number of piperidine rings is 1. The molecule has 1 amide bonds. The Morgan fingerprint density at radius 1 is 1.14 bits per heavy atom. The van der Waals surface area contributed by atoms with Gasteiger partial charge in [0.25, 0.3) is 0 Å². The highest BCUT2D eigenvalue weighted by atomic mass is 16.1. The van der Waals surface area contributed by atoms with Gasteiger partial charge in [0.2, 0.25) is 5.91 Å². The molecule has 3 aromatic rings. The SMILES string of the molecule is O=C(CCc1nc2ccccc2[nH]1)NC[C@@H]1CCCN(Cc2ccccc2)C1. The van der Waals surface area contributed by atoms with Crippen molar-refractivity contribution in [2.75, 3.05) is 19.6 Å². The number of nitrogens with one attached hydrogen (secondary N) is 2. The maximum absolute atomic E-state index is 12.3. The number of hydrogen-bond donors (Lipinski definition) is 2. The number of likely N-dealkylation sites (tertiary alicyclic amines) is 1. The van der Waals surface area contributed by atoms with Crippen molar-refractivity contribution in [1.82, 2.24) is 20.2 Å². The van der Waals surface area contributed by atoms with E-state index in [1.807, 2.05) is 24.3 Å². The van der Waals surface area contributed by atoms with Crippen LogP contribution in [0.2, 0.25) is 0 Å². The number of fused-ring (bicyclic) bond motifs is 1. The van der Waals surface area contributed by atoms with Crippen LogP contribution in [-0.4, -0.2) is 40.4 Å². The Bertz CT molecular complexity index is 872. The van der Waals surface area contributed by atoms with Crippen LogP contribution < -0.4 is 5.32 Å². The molecule has 0 bridgehead atoms. The summed E-state index contributed by atoms with van der Waals surface area (Å²) in [6.07, 6.45) is 3.51. The van der Waals surface area contributed by atoms with Crippen LogP contribution in [0.4, 0.5) is 0 Å². The van der Waals surface area contributed by atoms with Gasteiger partial charge in [-0.3, -0.25) is 9.69 Å². The van der Waals surface area contributed by atoms with Crippen LogP contribution in [0.3, 0.4) is 0 Å². The monoisotopic (exact) mass is 376 g/mol. The Morgan fingerprint density at radius 3 is 2.82 bits per heavy atom. The lowest BCUT2D eigenvalue weighted by atomic mass is 9.97. The summed E-state index contributed by atoms with van der Waals surface area (Å²) >= 11 is 0. The van der Waals surface area contributed by atoms with Gasteiger partial charge in [-0.1, -0.05) is 42.5 Å². The normalized spacial score (nSPS) is 17.6. The maximum Gasteiger partial charge on any atom is 0.220 e. The fourth-order valence-electron chi connectivity index (χ4n) is 4.01. The first-order valence-corrected chi connectivity index (χ1v) is 10.2. The van der Waals surface area contributed by atoms with E-state index in [0.717, 1.165) is 43.0 Å². The Hall–Kier alpha value is -2.66. The zero-order chi connectivity index (χ0) is 19.2. The van der Waals surface area contributed by atoms with Crippen LogP contribution in [0, 0.1) is 5.92 Å². The standard InChI is InChI=1S/C23H28N4O/c28-23(13-12-22-25-20-10-4-5-11-21(20)26-22)24-15-19-9-6-14-27(17-19)16-18-7-2-1-3-8-18/h1-5,7-8,10-11,19H,6,9,12-17H2,(H,24,28)(H,25,26)/t19-/m0/s1. The quantitative estimate of drug-likeness (QED) is 0.663. The fourth-order valence-corrected chi connectivity index (χ4v) is 4.01. The van der Waals surface area contributed by atoms with E-state index in [4.69, 9.17) is 0 Å². The van der Waals surface area contributed by atoms with E-state index in [2.05, 4.69) is 50.5 Å². The number of rotatable bonds is 7. The third-order valence-corrected chi connectivity index (χ3v) is 5.47. The van der Waals surface area contributed by atoms with E-state index >= 15 is 0 Å². The van der Waals surface area contributed by atoms with E-state index in [1.54, 1.807) is 0 Å². The van der Waals surface area contributed by atoms with Gasteiger partial charge >= 0.3 is 0 Å². The van der Waals surface area contributed by atoms with Crippen LogP contribution in [0.25, 0.3) is 11.0 Å². The predicted octanol–water partition coefficient (Wildman–Crippen LogP) is 3.52. The van der Waals surface area contributed by atoms with Crippen molar-refractivity contribution in [1.29, 1.82) is 0 Å². The van der Waals surface area contributed by atoms with Crippen molar-refractivity contribution in [2.24, 2.45) is 5.92 Å². The molecule has 1 fully saturated rings. The number of imidazole rings is 1.